The largest absolute Gasteiger partial charge is 0.353 e. The summed E-state index contributed by atoms with van der Waals surface area (Å²) < 4.78 is 1.75. The van der Waals surface area contributed by atoms with Gasteiger partial charge in [0.2, 0.25) is 5.91 Å². The van der Waals surface area contributed by atoms with E-state index < -0.39 is 0 Å². The van der Waals surface area contributed by atoms with Gasteiger partial charge in [-0.3, -0.25) is 14.4 Å². The van der Waals surface area contributed by atoms with E-state index in [2.05, 4.69) is 20.5 Å². The van der Waals surface area contributed by atoms with Crippen LogP contribution in [0.4, 0.5) is 0 Å². The fourth-order valence-electron chi connectivity index (χ4n) is 3.77. The zero-order chi connectivity index (χ0) is 14.5. The minimum Gasteiger partial charge on any atom is -0.353 e. The second-order valence-electron chi connectivity index (χ2n) is 6.21. The van der Waals surface area contributed by atoms with Crippen molar-refractivity contribution in [3.05, 3.63) is 12.4 Å². The van der Waals surface area contributed by atoms with Crippen LogP contribution in [0.3, 0.4) is 0 Å². The van der Waals surface area contributed by atoms with Gasteiger partial charge in [-0.25, -0.2) is 0 Å². The molecule has 1 aliphatic heterocycles. The molecular weight excluding hydrogens is 266 g/mol. The molecule has 1 amide bonds. The summed E-state index contributed by atoms with van der Waals surface area (Å²) in [5.74, 6) is 0.226. The first-order valence-electron chi connectivity index (χ1n) is 8.19. The molecule has 0 radical (unpaired) electrons. The van der Waals surface area contributed by atoms with Crippen LogP contribution in [-0.4, -0.2) is 51.0 Å². The molecule has 0 aromatic carbocycles. The van der Waals surface area contributed by atoms with Crippen LogP contribution in [-0.2, 0) is 11.3 Å². The van der Waals surface area contributed by atoms with E-state index in [0.717, 1.165) is 25.9 Å². The third kappa shape index (κ3) is 3.10. The molecular formula is C15H25N5O. The SMILES string of the molecule is O=C(NCCn1ccnn1)C1(N2CCCC2)CCCCC1. The predicted octanol–water partition coefficient (Wildman–Crippen LogP) is 1.19. The third-order valence-electron chi connectivity index (χ3n) is 4.91. The molecule has 6 heteroatoms. The number of rotatable bonds is 5. The van der Waals surface area contributed by atoms with Crippen LogP contribution in [0.5, 0.6) is 0 Å². The molecule has 0 bridgehead atoms. The molecule has 2 heterocycles. The molecule has 21 heavy (non-hydrogen) atoms. The van der Waals surface area contributed by atoms with Crippen molar-refractivity contribution >= 4 is 5.91 Å². The molecule has 1 aromatic heterocycles. The van der Waals surface area contributed by atoms with Gasteiger partial charge in [0.1, 0.15) is 5.54 Å². The molecule has 3 rings (SSSR count). The van der Waals surface area contributed by atoms with Crippen LogP contribution < -0.4 is 5.32 Å². The van der Waals surface area contributed by atoms with Gasteiger partial charge in [0.05, 0.1) is 12.7 Å². The number of hydrogen-bond acceptors (Lipinski definition) is 4. The fourth-order valence-corrected chi connectivity index (χ4v) is 3.77. The van der Waals surface area contributed by atoms with E-state index in [0.29, 0.717) is 13.1 Å². The number of nitrogens with zero attached hydrogens (tertiary/aromatic N) is 4. The Morgan fingerprint density at radius 3 is 2.57 bits per heavy atom. The first-order valence-corrected chi connectivity index (χ1v) is 8.19. The second-order valence-corrected chi connectivity index (χ2v) is 6.21. The van der Waals surface area contributed by atoms with Gasteiger partial charge in [0.25, 0.3) is 0 Å². The van der Waals surface area contributed by atoms with Gasteiger partial charge < -0.3 is 5.32 Å². The molecule has 0 atom stereocenters. The molecule has 2 fully saturated rings. The van der Waals surface area contributed by atoms with Crippen molar-refractivity contribution in [2.75, 3.05) is 19.6 Å². The van der Waals surface area contributed by atoms with Gasteiger partial charge in [0, 0.05) is 12.7 Å². The summed E-state index contributed by atoms with van der Waals surface area (Å²) in [6.45, 7) is 3.46. The van der Waals surface area contributed by atoms with E-state index in [1.54, 1.807) is 10.9 Å². The highest BCUT2D eigenvalue weighted by Gasteiger charge is 2.45. The summed E-state index contributed by atoms with van der Waals surface area (Å²) in [5.41, 5.74) is -0.239. The standard InChI is InChI=1S/C15H25N5O/c21-14(16-8-12-20-13-9-17-18-20)15(6-2-1-3-7-15)19-10-4-5-11-19/h9,13H,1-8,10-12H2,(H,16,21). The lowest BCUT2D eigenvalue weighted by molar-refractivity contribution is -0.135. The van der Waals surface area contributed by atoms with E-state index in [9.17, 15) is 4.79 Å². The van der Waals surface area contributed by atoms with Gasteiger partial charge in [-0.2, -0.15) is 0 Å². The lowest BCUT2D eigenvalue weighted by Gasteiger charge is -2.43. The highest BCUT2D eigenvalue weighted by atomic mass is 16.2. The minimum atomic E-state index is -0.239. The Hall–Kier alpha value is -1.43. The number of carbonyl (C=O) groups is 1. The van der Waals surface area contributed by atoms with Gasteiger partial charge in [0.15, 0.2) is 0 Å². The normalized spacial score (nSPS) is 22.3. The quantitative estimate of drug-likeness (QED) is 0.885. The zero-order valence-electron chi connectivity index (χ0n) is 12.6. The predicted molar refractivity (Wildman–Crippen MR) is 79.7 cm³/mol. The van der Waals surface area contributed by atoms with E-state index in [4.69, 9.17) is 0 Å². The Bertz CT molecular complexity index is 447. The fraction of sp³-hybridized carbons (Fsp3) is 0.800. The van der Waals surface area contributed by atoms with Crippen molar-refractivity contribution in [1.82, 2.24) is 25.2 Å². The van der Waals surface area contributed by atoms with Crippen molar-refractivity contribution in [3.63, 3.8) is 0 Å². The molecule has 1 N–H and O–H groups in total. The second kappa shape index (κ2) is 6.56. The topological polar surface area (TPSA) is 63.1 Å². The molecule has 6 nitrogen and oxygen atoms in total. The highest BCUT2D eigenvalue weighted by Crippen LogP contribution is 2.36. The van der Waals surface area contributed by atoms with E-state index in [1.165, 1.54) is 32.1 Å². The number of nitrogens with one attached hydrogen (secondary N) is 1. The van der Waals surface area contributed by atoms with Gasteiger partial charge in [-0.15, -0.1) is 5.10 Å². The zero-order valence-corrected chi connectivity index (χ0v) is 12.6. The Morgan fingerprint density at radius 2 is 1.90 bits per heavy atom. The van der Waals surface area contributed by atoms with E-state index >= 15 is 0 Å². The summed E-state index contributed by atoms with van der Waals surface area (Å²) in [5, 5.41) is 10.8. The average molecular weight is 291 g/mol. The lowest BCUT2D eigenvalue weighted by Crippen LogP contribution is -2.59. The molecule has 1 aliphatic carbocycles. The average Bonchev–Trinajstić information content (AvgIpc) is 3.21. The van der Waals surface area contributed by atoms with Crippen molar-refractivity contribution < 1.29 is 4.79 Å². The van der Waals surface area contributed by atoms with E-state index in [-0.39, 0.29) is 11.4 Å². The maximum Gasteiger partial charge on any atom is 0.240 e. The smallest absolute Gasteiger partial charge is 0.240 e. The van der Waals surface area contributed by atoms with Crippen molar-refractivity contribution in [3.8, 4) is 0 Å². The van der Waals surface area contributed by atoms with Crippen LogP contribution in [0, 0.1) is 0 Å². The molecule has 1 aromatic rings. The Kier molecular flexibility index (Phi) is 4.53. The van der Waals surface area contributed by atoms with Crippen LogP contribution in [0.1, 0.15) is 44.9 Å². The monoisotopic (exact) mass is 291 g/mol. The van der Waals surface area contributed by atoms with E-state index in [1.807, 2.05) is 6.20 Å². The van der Waals surface area contributed by atoms with Crippen molar-refractivity contribution in [1.29, 1.82) is 0 Å². The van der Waals surface area contributed by atoms with Crippen molar-refractivity contribution in [2.24, 2.45) is 0 Å². The number of hydrogen-bond donors (Lipinski definition) is 1. The molecule has 0 unspecified atom stereocenters. The van der Waals surface area contributed by atoms with Crippen molar-refractivity contribution in [2.45, 2.75) is 57.0 Å². The number of carbonyl (C=O) groups excluding carboxylic acids is 1. The third-order valence-corrected chi connectivity index (χ3v) is 4.91. The van der Waals surface area contributed by atoms with Crippen LogP contribution in [0.15, 0.2) is 12.4 Å². The number of aromatic nitrogens is 3. The lowest BCUT2D eigenvalue weighted by atomic mass is 9.79. The summed E-state index contributed by atoms with van der Waals surface area (Å²) in [7, 11) is 0. The summed E-state index contributed by atoms with van der Waals surface area (Å²) in [6.07, 6.45) is 11.6. The van der Waals surface area contributed by atoms with Gasteiger partial charge >= 0.3 is 0 Å². The van der Waals surface area contributed by atoms with Crippen LogP contribution in [0.2, 0.25) is 0 Å². The summed E-state index contributed by atoms with van der Waals surface area (Å²) in [4.78, 5) is 15.3. The first kappa shape index (κ1) is 14.5. The highest BCUT2D eigenvalue weighted by molar-refractivity contribution is 5.86. The first-order chi connectivity index (χ1) is 10.3. The number of amides is 1. The van der Waals surface area contributed by atoms with Crippen LogP contribution >= 0.6 is 0 Å². The maximum atomic E-state index is 12.8. The minimum absolute atomic E-state index is 0.226. The van der Waals surface area contributed by atoms with Crippen LogP contribution in [0.25, 0.3) is 0 Å². The Labute approximate surface area is 125 Å². The number of likely N-dealkylation sites (tertiary alicyclic amines) is 1. The molecule has 1 saturated heterocycles. The summed E-state index contributed by atoms with van der Waals surface area (Å²) >= 11 is 0. The molecule has 0 spiro atoms. The summed E-state index contributed by atoms with van der Waals surface area (Å²) in [6, 6.07) is 0. The van der Waals surface area contributed by atoms with Gasteiger partial charge in [-0.05, 0) is 38.8 Å². The van der Waals surface area contributed by atoms with Gasteiger partial charge in [-0.1, -0.05) is 24.5 Å². The molecule has 1 saturated carbocycles. The maximum absolute atomic E-state index is 12.8. The Balaban J connectivity index is 1.60. The molecule has 2 aliphatic rings. The Morgan fingerprint density at radius 1 is 1.14 bits per heavy atom. The molecule has 116 valence electrons.